The van der Waals surface area contributed by atoms with Gasteiger partial charge < -0.3 is 4.90 Å². The summed E-state index contributed by atoms with van der Waals surface area (Å²) in [6.45, 7) is 5.58. The highest BCUT2D eigenvalue weighted by Crippen LogP contribution is 2.32. The van der Waals surface area contributed by atoms with Crippen LogP contribution in [0.15, 0.2) is 24.3 Å². The second-order valence-electron chi connectivity index (χ2n) is 5.91. The average molecular weight is 258 g/mol. The summed E-state index contributed by atoms with van der Waals surface area (Å²) in [6, 6.07) is 8.25. The fourth-order valence-electron chi connectivity index (χ4n) is 2.62. The molecule has 1 saturated carbocycles. The van der Waals surface area contributed by atoms with Gasteiger partial charge in [-0.1, -0.05) is 24.3 Å². The summed E-state index contributed by atoms with van der Waals surface area (Å²) in [5, 5.41) is 0. The van der Waals surface area contributed by atoms with Gasteiger partial charge in [-0.3, -0.25) is 9.69 Å². The second kappa shape index (κ2) is 5.43. The SMILES string of the molecule is CN1CCN(Cc2ccc(C(=O)C3CC3)cc2)CC1. The van der Waals surface area contributed by atoms with Crippen molar-refractivity contribution in [3.05, 3.63) is 35.4 Å². The summed E-state index contributed by atoms with van der Waals surface area (Å²) >= 11 is 0. The van der Waals surface area contributed by atoms with Gasteiger partial charge in [0.1, 0.15) is 0 Å². The molecule has 0 aromatic heterocycles. The molecule has 2 aliphatic rings. The molecule has 1 aromatic rings. The zero-order valence-corrected chi connectivity index (χ0v) is 11.6. The van der Waals surface area contributed by atoms with Crippen molar-refractivity contribution in [2.24, 2.45) is 5.92 Å². The lowest BCUT2D eigenvalue weighted by molar-refractivity contribution is 0.0967. The first-order valence-electron chi connectivity index (χ1n) is 7.26. The van der Waals surface area contributed by atoms with Crippen molar-refractivity contribution in [1.29, 1.82) is 0 Å². The Morgan fingerprint density at radius 2 is 1.74 bits per heavy atom. The van der Waals surface area contributed by atoms with Crippen LogP contribution in [0.25, 0.3) is 0 Å². The highest BCUT2D eigenvalue weighted by atomic mass is 16.1. The molecule has 102 valence electrons. The third-order valence-electron chi connectivity index (χ3n) is 4.19. The molecule has 19 heavy (non-hydrogen) atoms. The van der Waals surface area contributed by atoms with Crippen molar-refractivity contribution >= 4 is 5.78 Å². The van der Waals surface area contributed by atoms with Crippen LogP contribution in [0.5, 0.6) is 0 Å². The van der Waals surface area contributed by atoms with E-state index in [1.165, 1.54) is 5.56 Å². The Kier molecular flexibility index (Phi) is 3.67. The fraction of sp³-hybridized carbons (Fsp3) is 0.562. The molecule has 0 unspecified atom stereocenters. The molecule has 1 aliphatic carbocycles. The number of benzene rings is 1. The van der Waals surface area contributed by atoms with Gasteiger partial charge in [0.2, 0.25) is 0 Å². The van der Waals surface area contributed by atoms with E-state index in [2.05, 4.69) is 29.0 Å². The molecule has 1 heterocycles. The molecule has 1 saturated heterocycles. The fourth-order valence-corrected chi connectivity index (χ4v) is 2.62. The zero-order chi connectivity index (χ0) is 13.2. The van der Waals surface area contributed by atoms with Gasteiger partial charge in [-0.25, -0.2) is 0 Å². The van der Waals surface area contributed by atoms with Gasteiger partial charge in [0.05, 0.1) is 0 Å². The van der Waals surface area contributed by atoms with Crippen molar-refractivity contribution in [3.8, 4) is 0 Å². The van der Waals surface area contributed by atoms with E-state index in [1.807, 2.05) is 12.1 Å². The maximum atomic E-state index is 11.9. The Hall–Kier alpha value is -1.19. The third kappa shape index (κ3) is 3.23. The van der Waals surface area contributed by atoms with Crippen molar-refractivity contribution in [2.45, 2.75) is 19.4 Å². The van der Waals surface area contributed by atoms with Crippen LogP contribution in [0, 0.1) is 5.92 Å². The molecular formula is C16H22N2O. The van der Waals surface area contributed by atoms with Crippen LogP contribution in [-0.4, -0.2) is 48.8 Å². The summed E-state index contributed by atoms with van der Waals surface area (Å²) in [6.07, 6.45) is 2.17. The number of likely N-dealkylation sites (N-methyl/N-ethyl adjacent to an activating group) is 1. The topological polar surface area (TPSA) is 23.6 Å². The van der Waals surface area contributed by atoms with Gasteiger partial charge in [-0.2, -0.15) is 0 Å². The molecule has 1 aliphatic heterocycles. The first kappa shape index (κ1) is 12.8. The summed E-state index contributed by atoms with van der Waals surface area (Å²) in [4.78, 5) is 16.8. The molecule has 1 aromatic carbocycles. The zero-order valence-electron chi connectivity index (χ0n) is 11.6. The van der Waals surface area contributed by atoms with Crippen LogP contribution in [0.2, 0.25) is 0 Å². The number of hydrogen-bond donors (Lipinski definition) is 0. The minimum atomic E-state index is 0.323. The predicted octanol–water partition coefficient (Wildman–Crippen LogP) is 2.03. The first-order chi connectivity index (χ1) is 9.22. The van der Waals surface area contributed by atoms with Crippen LogP contribution in [0.1, 0.15) is 28.8 Å². The molecule has 0 amide bonds. The van der Waals surface area contributed by atoms with Gasteiger partial charge in [-0.05, 0) is 25.5 Å². The largest absolute Gasteiger partial charge is 0.304 e. The monoisotopic (exact) mass is 258 g/mol. The number of nitrogens with zero attached hydrogens (tertiary/aromatic N) is 2. The molecule has 0 N–H and O–H groups in total. The Morgan fingerprint density at radius 3 is 2.32 bits per heavy atom. The smallest absolute Gasteiger partial charge is 0.165 e. The van der Waals surface area contributed by atoms with Crippen LogP contribution in [0.3, 0.4) is 0 Å². The van der Waals surface area contributed by atoms with Crippen LogP contribution in [0.4, 0.5) is 0 Å². The maximum Gasteiger partial charge on any atom is 0.165 e. The minimum Gasteiger partial charge on any atom is -0.304 e. The second-order valence-corrected chi connectivity index (χ2v) is 5.91. The molecular weight excluding hydrogens is 236 g/mol. The molecule has 0 radical (unpaired) electrons. The van der Waals surface area contributed by atoms with Crippen LogP contribution >= 0.6 is 0 Å². The molecule has 0 spiro atoms. The quantitative estimate of drug-likeness (QED) is 0.772. The first-order valence-corrected chi connectivity index (χ1v) is 7.26. The summed E-state index contributed by atoms with van der Waals surface area (Å²) < 4.78 is 0. The van der Waals surface area contributed by atoms with Crippen LogP contribution in [-0.2, 0) is 6.54 Å². The number of carbonyl (C=O) groups is 1. The van der Waals surface area contributed by atoms with E-state index in [0.717, 1.165) is 51.1 Å². The van der Waals surface area contributed by atoms with Gasteiger partial charge in [0, 0.05) is 44.2 Å². The van der Waals surface area contributed by atoms with E-state index in [4.69, 9.17) is 0 Å². The van der Waals surface area contributed by atoms with Gasteiger partial charge >= 0.3 is 0 Å². The molecule has 0 atom stereocenters. The van der Waals surface area contributed by atoms with Crippen molar-refractivity contribution < 1.29 is 4.79 Å². The van der Waals surface area contributed by atoms with Gasteiger partial charge in [0.15, 0.2) is 5.78 Å². The lowest BCUT2D eigenvalue weighted by Gasteiger charge is -2.32. The molecule has 2 fully saturated rings. The lowest BCUT2D eigenvalue weighted by atomic mass is 10.0. The Labute approximate surface area is 115 Å². The molecule has 0 bridgehead atoms. The summed E-state index contributed by atoms with van der Waals surface area (Å²) in [5.41, 5.74) is 2.21. The highest BCUT2D eigenvalue weighted by molar-refractivity contribution is 5.99. The number of hydrogen-bond acceptors (Lipinski definition) is 3. The number of piperazine rings is 1. The van der Waals surface area contributed by atoms with Crippen molar-refractivity contribution in [2.75, 3.05) is 33.2 Å². The minimum absolute atomic E-state index is 0.323. The summed E-state index contributed by atoms with van der Waals surface area (Å²) in [5.74, 6) is 0.662. The maximum absolute atomic E-state index is 11.9. The number of Topliss-reactive ketones (excluding diaryl/α,β-unsaturated/α-hetero) is 1. The number of ketones is 1. The van der Waals surface area contributed by atoms with E-state index in [-0.39, 0.29) is 0 Å². The molecule has 3 rings (SSSR count). The molecule has 3 heteroatoms. The standard InChI is InChI=1S/C16H22N2O/c1-17-8-10-18(11-9-17)12-13-2-4-14(5-3-13)16(19)15-6-7-15/h2-5,15H,6-12H2,1H3. The van der Waals surface area contributed by atoms with Crippen molar-refractivity contribution in [1.82, 2.24) is 9.80 Å². The highest BCUT2D eigenvalue weighted by Gasteiger charge is 2.30. The van der Waals surface area contributed by atoms with E-state index in [0.29, 0.717) is 11.7 Å². The Balaban J connectivity index is 1.58. The van der Waals surface area contributed by atoms with E-state index in [9.17, 15) is 4.79 Å². The van der Waals surface area contributed by atoms with E-state index >= 15 is 0 Å². The van der Waals surface area contributed by atoms with E-state index in [1.54, 1.807) is 0 Å². The van der Waals surface area contributed by atoms with Gasteiger partial charge in [0.25, 0.3) is 0 Å². The number of carbonyl (C=O) groups excluding carboxylic acids is 1. The normalized spacial score (nSPS) is 21.5. The Morgan fingerprint density at radius 1 is 1.11 bits per heavy atom. The predicted molar refractivity (Wildman–Crippen MR) is 76.3 cm³/mol. The average Bonchev–Trinajstić information content (AvgIpc) is 3.26. The lowest BCUT2D eigenvalue weighted by Crippen LogP contribution is -2.43. The van der Waals surface area contributed by atoms with E-state index < -0.39 is 0 Å². The Bertz CT molecular complexity index is 442. The van der Waals surface area contributed by atoms with Crippen molar-refractivity contribution in [3.63, 3.8) is 0 Å². The summed E-state index contributed by atoms with van der Waals surface area (Å²) in [7, 11) is 2.18. The van der Waals surface area contributed by atoms with Crippen LogP contribution < -0.4 is 0 Å². The number of rotatable bonds is 4. The van der Waals surface area contributed by atoms with Gasteiger partial charge in [-0.15, -0.1) is 0 Å². The third-order valence-corrected chi connectivity index (χ3v) is 4.19. The molecule has 3 nitrogen and oxygen atoms in total.